The van der Waals surface area contributed by atoms with Crippen LogP contribution in [0.1, 0.15) is 30.2 Å². The van der Waals surface area contributed by atoms with Gasteiger partial charge in [0.05, 0.1) is 11.8 Å². The summed E-state index contributed by atoms with van der Waals surface area (Å²) < 4.78 is 1.79. The first kappa shape index (κ1) is 10.8. The summed E-state index contributed by atoms with van der Waals surface area (Å²) in [7, 11) is 0. The normalized spacial score (nSPS) is 12.8. The van der Waals surface area contributed by atoms with Crippen molar-refractivity contribution < 1.29 is 5.11 Å². The predicted octanol–water partition coefficient (Wildman–Crippen LogP) is 1.94. The van der Waals surface area contributed by atoms with E-state index in [1.54, 1.807) is 11.6 Å². The highest BCUT2D eigenvalue weighted by Gasteiger charge is 2.06. The summed E-state index contributed by atoms with van der Waals surface area (Å²) >= 11 is 0. The van der Waals surface area contributed by atoms with Crippen LogP contribution in [0.3, 0.4) is 0 Å². The second-order valence-corrected chi connectivity index (χ2v) is 3.89. The van der Waals surface area contributed by atoms with E-state index in [1.807, 2.05) is 38.1 Å². The number of hydrogen-bond donors (Lipinski definition) is 1. The largest absolute Gasteiger partial charge is 0.389 e. The van der Waals surface area contributed by atoms with Crippen molar-refractivity contribution in [1.29, 1.82) is 0 Å². The van der Waals surface area contributed by atoms with E-state index in [0.29, 0.717) is 0 Å². The summed E-state index contributed by atoms with van der Waals surface area (Å²) in [6.45, 7) is 5.54. The van der Waals surface area contributed by atoms with Gasteiger partial charge in [-0.2, -0.15) is 5.10 Å². The van der Waals surface area contributed by atoms with E-state index in [0.717, 1.165) is 22.9 Å². The topological polar surface area (TPSA) is 50.9 Å². The number of benzene rings is 1. The molecule has 0 fully saturated rings. The molecule has 4 heteroatoms. The highest BCUT2D eigenvalue weighted by atomic mass is 16.3. The molecule has 16 heavy (non-hydrogen) atoms. The highest BCUT2D eigenvalue weighted by molar-refractivity contribution is 5.35. The van der Waals surface area contributed by atoms with Crippen LogP contribution in [-0.4, -0.2) is 19.9 Å². The van der Waals surface area contributed by atoms with Gasteiger partial charge in [0, 0.05) is 0 Å². The molecule has 84 valence electrons. The van der Waals surface area contributed by atoms with E-state index in [1.165, 1.54) is 0 Å². The monoisotopic (exact) mass is 217 g/mol. The van der Waals surface area contributed by atoms with Crippen molar-refractivity contribution in [1.82, 2.24) is 14.8 Å². The predicted molar refractivity (Wildman–Crippen MR) is 61.5 cm³/mol. The zero-order valence-electron chi connectivity index (χ0n) is 9.68. The Morgan fingerprint density at radius 2 is 1.81 bits per heavy atom. The van der Waals surface area contributed by atoms with Crippen molar-refractivity contribution in [3.63, 3.8) is 0 Å². The van der Waals surface area contributed by atoms with Gasteiger partial charge in [-0.25, -0.2) is 9.67 Å². The zero-order chi connectivity index (χ0) is 11.7. The molecule has 1 atom stereocenters. The first-order valence-corrected chi connectivity index (χ1v) is 5.26. The maximum absolute atomic E-state index is 9.41. The van der Waals surface area contributed by atoms with Crippen molar-refractivity contribution in [3.05, 3.63) is 41.5 Å². The lowest BCUT2D eigenvalue weighted by Gasteiger charge is -2.06. The van der Waals surface area contributed by atoms with Gasteiger partial charge in [-0.1, -0.05) is 12.1 Å². The quantitative estimate of drug-likeness (QED) is 0.836. The van der Waals surface area contributed by atoms with Crippen LogP contribution in [0.25, 0.3) is 5.69 Å². The van der Waals surface area contributed by atoms with Crippen LogP contribution in [0.2, 0.25) is 0 Å². The van der Waals surface area contributed by atoms with E-state index in [4.69, 9.17) is 0 Å². The van der Waals surface area contributed by atoms with Crippen molar-refractivity contribution in [2.45, 2.75) is 26.9 Å². The summed E-state index contributed by atoms with van der Waals surface area (Å²) in [5.74, 6) is 1.62. The Hall–Kier alpha value is -1.68. The van der Waals surface area contributed by atoms with Crippen molar-refractivity contribution in [2.75, 3.05) is 0 Å². The Bertz CT molecular complexity index is 485. The molecular formula is C12H15N3O. The number of aliphatic hydroxyl groups excluding tert-OH is 1. The molecule has 1 aromatic heterocycles. The third kappa shape index (κ3) is 1.97. The maximum Gasteiger partial charge on any atom is 0.148 e. The van der Waals surface area contributed by atoms with Crippen LogP contribution >= 0.6 is 0 Å². The van der Waals surface area contributed by atoms with Crippen LogP contribution in [-0.2, 0) is 0 Å². The molecule has 0 amide bonds. The molecule has 0 aliphatic heterocycles. The Morgan fingerprint density at radius 1 is 1.19 bits per heavy atom. The second-order valence-electron chi connectivity index (χ2n) is 3.89. The van der Waals surface area contributed by atoms with Gasteiger partial charge in [0.2, 0.25) is 0 Å². The Balaban J connectivity index is 2.38. The minimum absolute atomic E-state index is 0.437. The van der Waals surface area contributed by atoms with Gasteiger partial charge in [-0.15, -0.1) is 0 Å². The Labute approximate surface area is 94.6 Å². The van der Waals surface area contributed by atoms with Gasteiger partial charge in [0.15, 0.2) is 0 Å². The molecule has 0 aliphatic rings. The third-order valence-corrected chi connectivity index (χ3v) is 2.49. The van der Waals surface area contributed by atoms with Gasteiger partial charge >= 0.3 is 0 Å². The number of hydrogen-bond acceptors (Lipinski definition) is 3. The average molecular weight is 217 g/mol. The molecule has 1 aromatic carbocycles. The van der Waals surface area contributed by atoms with Crippen LogP contribution in [0.5, 0.6) is 0 Å². The average Bonchev–Trinajstić information content (AvgIpc) is 2.58. The summed E-state index contributed by atoms with van der Waals surface area (Å²) in [6, 6.07) is 7.67. The lowest BCUT2D eigenvalue weighted by molar-refractivity contribution is 0.199. The molecular weight excluding hydrogens is 202 g/mol. The summed E-state index contributed by atoms with van der Waals surface area (Å²) in [5.41, 5.74) is 1.86. The van der Waals surface area contributed by atoms with E-state index in [-0.39, 0.29) is 0 Å². The first-order valence-electron chi connectivity index (χ1n) is 5.26. The van der Waals surface area contributed by atoms with Crippen LogP contribution in [0, 0.1) is 13.8 Å². The second kappa shape index (κ2) is 4.06. The van der Waals surface area contributed by atoms with Crippen molar-refractivity contribution in [3.8, 4) is 5.69 Å². The summed E-state index contributed by atoms with van der Waals surface area (Å²) in [5, 5.41) is 13.7. The van der Waals surface area contributed by atoms with Crippen LogP contribution in [0.4, 0.5) is 0 Å². The molecule has 0 bridgehead atoms. The molecule has 0 saturated carbocycles. The standard InChI is InChI=1S/C12H15N3O/c1-8(16)11-4-6-12(7-5-11)15-10(3)13-9(2)14-15/h4-8,16H,1-3H3. The summed E-state index contributed by atoms with van der Waals surface area (Å²) in [6.07, 6.45) is -0.437. The lowest BCUT2D eigenvalue weighted by atomic mass is 10.1. The molecule has 1 N–H and O–H groups in total. The minimum atomic E-state index is -0.437. The molecule has 0 spiro atoms. The van der Waals surface area contributed by atoms with E-state index < -0.39 is 6.10 Å². The fourth-order valence-corrected chi connectivity index (χ4v) is 1.66. The number of aromatic nitrogens is 3. The molecule has 0 radical (unpaired) electrons. The highest BCUT2D eigenvalue weighted by Crippen LogP contribution is 2.15. The SMILES string of the molecule is Cc1nc(C)n(-c2ccc(C(C)O)cc2)n1. The molecule has 2 aromatic rings. The zero-order valence-corrected chi connectivity index (χ0v) is 9.68. The lowest BCUT2D eigenvalue weighted by Crippen LogP contribution is -2.00. The Morgan fingerprint density at radius 3 is 2.25 bits per heavy atom. The number of aliphatic hydroxyl groups is 1. The van der Waals surface area contributed by atoms with Gasteiger partial charge in [-0.3, -0.25) is 0 Å². The first-order chi connectivity index (χ1) is 7.58. The maximum atomic E-state index is 9.41. The number of nitrogens with zero attached hydrogens (tertiary/aromatic N) is 3. The third-order valence-electron chi connectivity index (χ3n) is 2.49. The molecule has 1 heterocycles. The molecule has 1 unspecified atom stereocenters. The van der Waals surface area contributed by atoms with Gasteiger partial charge in [-0.05, 0) is 38.5 Å². The molecule has 0 saturated heterocycles. The molecule has 4 nitrogen and oxygen atoms in total. The Kier molecular flexibility index (Phi) is 2.75. The number of aryl methyl sites for hydroxylation is 2. The number of rotatable bonds is 2. The van der Waals surface area contributed by atoms with E-state index in [2.05, 4.69) is 10.1 Å². The summed E-state index contributed by atoms with van der Waals surface area (Å²) in [4.78, 5) is 4.25. The van der Waals surface area contributed by atoms with E-state index in [9.17, 15) is 5.11 Å². The molecule has 0 aliphatic carbocycles. The van der Waals surface area contributed by atoms with Crippen LogP contribution < -0.4 is 0 Å². The minimum Gasteiger partial charge on any atom is -0.389 e. The fraction of sp³-hybridized carbons (Fsp3) is 0.333. The van der Waals surface area contributed by atoms with Gasteiger partial charge in [0.25, 0.3) is 0 Å². The van der Waals surface area contributed by atoms with E-state index >= 15 is 0 Å². The fourth-order valence-electron chi connectivity index (χ4n) is 1.66. The smallest absolute Gasteiger partial charge is 0.148 e. The van der Waals surface area contributed by atoms with Crippen LogP contribution in [0.15, 0.2) is 24.3 Å². The van der Waals surface area contributed by atoms with Crippen molar-refractivity contribution in [2.24, 2.45) is 0 Å². The van der Waals surface area contributed by atoms with Gasteiger partial charge < -0.3 is 5.11 Å². The van der Waals surface area contributed by atoms with Crippen molar-refractivity contribution >= 4 is 0 Å². The van der Waals surface area contributed by atoms with Gasteiger partial charge in [0.1, 0.15) is 11.6 Å². The molecule has 2 rings (SSSR count).